The first-order chi connectivity index (χ1) is 15.4. The number of aromatic nitrogens is 2. The Morgan fingerprint density at radius 2 is 2.00 bits per heavy atom. The Kier molecular flexibility index (Phi) is 6.50. The summed E-state index contributed by atoms with van der Waals surface area (Å²) in [5, 5.41) is 2.84. The number of aromatic amines is 1. The molecule has 170 valence electrons. The van der Waals surface area contributed by atoms with Crippen molar-refractivity contribution in [2.45, 2.75) is 56.9 Å². The first-order valence-corrected chi connectivity index (χ1v) is 11.0. The molecule has 0 spiro atoms. The van der Waals surface area contributed by atoms with Gasteiger partial charge in [0.1, 0.15) is 11.7 Å². The second kappa shape index (κ2) is 9.32. The second-order valence-corrected chi connectivity index (χ2v) is 8.28. The summed E-state index contributed by atoms with van der Waals surface area (Å²) in [6.45, 7) is 2.39. The lowest BCUT2D eigenvalue weighted by Crippen LogP contribution is -2.49. The highest BCUT2D eigenvalue weighted by atomic mass is 19.4. The Morgan fingerprint density at radius 1 is 1.22 bits per heavy atom. The molecule has 0 saturated heterocycles. The number of carbonyl (C=O) groups excluding carboxylic acids is 1. The number of fused-ring (bicyclic) bond motifs is 1. The molecule has 2 N–H and O–H groups in total. The topological polar surface area (TPSA) is 61.0 Å². The second-order valence-electron chi connectivity index (χ2n) is 8.28. The van der Waals surface area contributed by atoms with E-state index in [0.29, 0.717) is 30.6 Å². The van der Waals surface area contributed by atoms with Crippen LogP contribution >= 0.6 is 0 Å². The summed E-state index contributed by atoms with van der Waals surface area (Å²) in [5.41, 5.74) is 2.15. The van der Waals surface area contributed by atoms with Crippen LogP contribution in [0.4, 0.5) is 13.2 Å². The van der Waals surface area contributed by atoms with E-state index in [9.17, 15) is 18.0 Å². The van der Waals surface area contributed by atoms with Crippen LogP contribution in [0.25, 0.3) is 11.0 Å². The molecule has 2 heterocycles. The van der Waals surface area contributed by atoms with Gasteiger partial charge in [-0.05, 0) is 56.4 Å². The molecule has 1 aliphatic carbocycles. The Morgan fingerprint density at radius 3 is 2.69 bits per heavy atom. The molecule has 1 aromatic carbocycles. The predicted octanol–water partition coefficient (Wildman–Crippen LogP) is 5.23. The van der Waals surface area contributed by atoms with E-state index >= 15 is 0 Å². The zero-order valence-electron chi connectivity index (χ0n) is 17.9. The number of carbonyl (C=O) groups is 1. The van der Waals surface area contributed by atoms with E-state index in [1.165, 1.54) is 12.1 Å². The van der Waals surface area contributed by atoms with Gasteiger partial charge in [-0.25, -0.2) is 0 Å². The van der Waals surface area contributed by atoms with Crippen molar-refractivity contribution in [1.82, 2.24) is 20.2 Å². The fraction of sp³-hybridized carbons (Fsp3) is 0.417. The van der Waals surface area contributed by atoms with Crippen molar-refractivity contribution >= 4 is 16.9 Å². The number of hydrogen-bond donors (Lipinski definition) is 2. The molecular formula is C24H27F3N4O. The zero-order valence-corrected chi connectivity index (χ0v) is 17.9. The SMILES string of the molecule is CCN(C(=O)c1cc2ncccc2[nH]1)[C@H]1CCC[C@@H](N[C@H](c2ccccc2)C(F)(F)F)C1. The average molecular weight is 445 g/mol. The molecule has 8 heteroatoms. The molecule has 0 aliphatic heterocycles. The highest BCUT2D eigenvalue weighted by molar-refractivity contribution is 5.97. The van der Waals surface area contributed by atoms with E-state index in [1.54, 1.807) is 41.4 Å². The van der Waals surface area contributed by atoms with Gasteiger partial charge in [0.15, 0.2) is 0 Å². The van der Waals surface area contributed by atoms with Gasteiger partial charge in [0, 0.05) is 24.8 Å². The quantitative estimate of drug-likeness (QED) is 0.547. The summed E-state index contributed by atoms with van der Waals surface area (Å²) in [6.07, 6.45) is -0.0530. The minimum atomic E-state index is -4.40. The molecular weight excluding hydrogens is 417 g/mol. The molecule has 3 aromatic rings. The van der Waals surface area contributed by atoms with Crippen LogP contribution in [0, 0.1) is 0 Å². The number of pyridine rings is 1. The highest BCUT2D eigenvalue weighted by Crippen LogP contribution is 2.35. The zero-order chi connectivity index (χ0) is 22.7. The Bertz CT molecular complexity index is 1020. The molecule has 0 radical (unpaired) electrons. The molecule has 1 amide bonds. The van der Waals surface area contributed by atoms with Crippen LogP contribution in [0.3, 0.4) is 0 Å². The normalized spacial score (nSPS) is 20.2. The Labute approximate surface area is 185 Å². The number of nitrogens with zero attached hydrogens (tertiary/aromatic N) is 2. The number of benzene rings is 1. The molecule has 5 nitrogen and oxygen atoms in total. The monoisotopic (exact) mass is 444 g/mol. The number of amides is 1. The fourth-order valence-corrected chi connectivity index (χ4v) is 4.65. The van der Waals surface area contributed by atoms with Crippen LogP contribution in [0.15, 0.2) is 54.7 Å². The molecule has 0 unspecified atom stereocenters. The number of halogens is 3. The Balaban J connectivity index is 1.49. The van der Waals surface area contributed by atoms with Crippen molar-refractivity contribution in [3.63, 3.8) is 0 Å². The van der Waals surface area contributed by atoms with Crippen LogP contribution in [0.5, 0.6) is 0 Å². The van der Waals surface area contributed by atoms with Crippen LogP contribution in [-0.4, -0.2) is 45.6 Å². The maximum absolute atomic E-state index is 13.8. The van der Waals surface area contributed by atoms with E-state index in [0.717, 1.165) is 18.4 Å². The molecule has 32 heavy (non-hydrogen) atoms. The number of hydrogen-bond acceptors (Lipinski definition) is 3. The molecule has 1 fully saturated rings. The predicted molar refractivity (Wildman–Crippen MR) is 117 cm³/mol. The number of alkyl halides is 3. The number of H-pyrrole nitrogens is 1. The summed E-state index contributed by atoms with van der Waals surface area (Å²) in [6, 6.07) is 11.1. The third-order valence-corrected chi connectivity index (χ3v) is 6.17. The van der Waals surface area contributed by atoms with E-state index < -0.39 is 12.2 Å². The largest absolute Gasteiger partial charge is 0.407 e. The van der Waals surface area contributed by atoms with Gasteiger partial charge in [0.05, 0.1) is 11.0 Å². The molecule has 0 bridgehead atoms. The van der Waals surface area contributed by atoms with Crippen molar-refractivity contribution in [1.29, 1.82) is 0 Å². The number of rotatable bonds is 6. The van der Waals surface area contributed by atoms with Gasteiger partial charge in [-0.1, -0.05) is 30.3 Å². The van der Waals surface area contributed by atoms with Crippen molar-refractivity contribution in [3.8, 4) is 0 Å². The molecule has 1 aliphatic rings. The number of nitrogens with one attached hydrogen (secondary N) is 2. The van der Waals surface area contributed by atoms with Gasteiger partial charge in [-0.3, -0.25) is 15.1 Å². The van der Waals surface area contributed by atoms with Crippen LogP contribution in [0.2, 0.25) is 0 Å². The van der Waals surface area contributed by atoms with Gasteiger partial charge in [0.25, 0.3) is 5.91 Å². The van der Waals surface area contributed by atoms with Crippen LogP contribution < -0.4 is 5.32 Å². The lowest BCUT2D eigenvalue weighted by atomic mass is 9.88. The van der Waals surface area contributed by atoms with E-state index in [1.807, 2.05) is 13.0 Å². The third kappa shape index (κ3) is 4.80. The third-order valence-electron chi connectivity index (χ3n) is 6.17. The van der Waals surface area contributed by atoms with Crippen molar-refractivity contribution in [2.75, 3.05) is 6.54 Å². The lowest BCUT2D eigenvalue weighted by molar-refractivity contribution is -0.160. The first-order valence-electron chi connectivity index (χ1n) is 11.0. The van der Waals surface area contributed by atoms with E-state index in [-0.39, 0.29) is 23.6 Å². The van der Waals surface area contributed by atoms with Crippen molar-refractivity contribution in [3.05, 3.63) is 66.0 Å². The minimum absolute atomic E-state index is 0.122. The smallest absolute Gasteiger partial charge is 0.349 e. The Hall–Kier alpha value is -2.87. The standard InChI is InChI=1S/C24H27F3N4O/c1-2-31(23(32)21-15-20-19(30-21)12-7-13-28-20)18-11-6-10-17(14-18)29-22(24(25,26)27)16-8-4-3-5-9-16/h3-5,7-9,12-13,15,17-18,22,29-30H,2,6,10-11,14H2,1H3/t17-,18+,22-/m1/s1. The van der Waals surface area contributed by atoms with Gasteiger partial charge in [-0.15, -0.1) is 0 Å². The van der Waals surface area contributed by atoms with Gasteiger partial charge >= 0.3 is 6.18 Å². The molecule has 2 aromatic heterocycles. The fourth-order valence-electron chi connectivity index (χ4n) is 4.65. The average Bonchev–Trinajstić information content (AvgIpc) is 3.22. The van der Waals surface area contributed by atoms with Crippen molar-refractivity contribution in [2.24, 2.45) is 0 Å². The molecule has 3 atom stereocenters. The maximum atomic E-state index is 13.8. The van der Waals surface area contributed by atoms with Crippen LogP contribution in [0.1, 0.15) is 54.7 Å². The van der Waals surface area contributed by atoms with Gasteiger partial charge in [-0.2, -0.15) is 13.2 Å². The summed E-state index contributed by atoms with van der Waals surface area (Å²) >= 11 is 0. The molecule has 4 rings (SSSR count). The summed E-state index contributed by atoms with van der Waals surface area (Å²) < 4.78 is 41.4. The summed E-state index contributed by atoms with van der Waals surface area (Å²) in [7, 11) is 0. The van der Waals surface area contributed by atoms with E-state index in [2.05, 4.69) is 15.3 Å². The highest BCUT2D eigenvalue weighted by Gasteiger charge is 2.42. The van der Waals surface area contributed by atoms with Crippen LogP contribution in [-0.2, 0) is 0 Å². The minimum Gasteiger partial charge on any atom is -0.349 e. The van der Waals surface area contributed by atoms with E-state index in [4.69, 9.17) is 0 Å². The van der Waals surface area contributed by atoms with Gasteiger partial charge < -0.3 is 9.88 Å². The first kappa shape index (κ1) is 22.3. The maximum Gasteiger partial charge on any atom is 0.407 e. The van der Waals surface area contributed by atoms with Gasteiger partial charge in [0.2, 0.25) is 0 Å². The molecule has 1 saturated carbocycles. The summed E-state index contributed by atoms with van der Waals surface area (Å²) in [4.78, 5) is 22.4. The lowest BCUT2D eigenvalue weighted by Gasteiger charge is -2.38. The summed E-state index contributed by atoms with van der Waals surface area (Å²) in [5.74, 6) is -0.147. The van der Waals surface area contributed by atoms with Crippen molar-refractivity contribution < 1.29 is 18.0 Å².